The molecule has 5 nitrogen and oxygen atoms in total. The van der Waals surface area contributed by atoms with Crippen molar-refractivity contribution in [3.05, 3.63) is 0 Å². The highest BCUT2D eigenvalue weighted by atomic mass is 16.2. The Labute approximate surface area is 87.8 Å². The zero-order valence-electron chi connectivity index (χ0n) is 8.66. The molecule has 1 heterocycles. The summed E-state index contributed by atoms with van der Waals surface area (Å²) in [6, 6.07) is -0.652. The molecule has 1 rings (SSSR count). The highest BCUT2D eigenvalue weighted by Crippen LogP contribution is 2.09. The van der Waals surface area contributed by atoms with Crippen molar-refractivity contribution in [3.63, 3.8) is 0 Å². The maximum atomic E-state index is 11.5. The van der Waals surface area contributed by atoms with Gasteiger partial charge in [-0.15, -0.1) is 11.8 Å². The lowest BCUT2D eigenvalue weighted by molar-refractivity contribution is -0.141. The third kappa shape index (κ3) is 2.34. The number of nitrogens with zero attached hydrogens (tertiary/aromatic N) is 1. The third-order valence-electron chi connectivity index (χ3n) is 2.14. The van der Waals surface area contributed by atoms with Gasteiger partial charge in [-0.1, -0.05) is 0 Å². The van der Waals surface area contributed by atoms with Crippen LogP contribution in [0.5, 0.6) is 0 Å². The fraction of sp³-hybridized carbons (Fsp3) is 0.500. The monoisotopic (exact) mass is 208 g/mol. The molecule has 5 heteroatoms. The Kier molecular flexibility index (Phi) is 3.45. The molecule has 1 aliphatic heterocycles. The molecule has 1 unspecified atom stereocenters. The highest BCUT2D eigenvalue weighted by molar-refractivity contribution is 6.15. The molecule has 0 aromatic rings. The molecule has 0 aliphatic carbocycles. The van der Waals surface area contributed by atoms with Crippen LogP contribution in [0.2, 0.25) is 0 Å². The number of carbonyl (C=O) groups excluding carboxylic acids is 3. The molecule has 1 saturated heterocycles. The summed E-state index contributed by atoms with van der Waals surface area (Å²) in [7, 11) is 0. The van der Waals surface area contributed by atoms with E-state index < -0.39 is 23.8 Å². The van der Waals surface area contributed by atoms with Crippen LogP contribution in [0.15, 0.2) is 0 Å². The highest BCUT2D eigenvalue weighted by Gasteiger charge is 2.36. The van der Waals surface area contributed by atoms with Crippen LogP contribution < -0.4 is 5.32 Å². The van der Waals surface area contributed by atoms with Crippen molar-refractivity contribution in [3.8, 4) is 11.8 Å². The van der Waals surface area contributed by atoms with Gasteiger partial charge in [-0.2, -0.15) is 0 Å². The molecule has 0 bridgehead atoms. The number of carbonyl (C=O) groups is 3. The van der Waals surface area contributed by atoms with E-state index in [9.17, 15) is 14.4 Å². The first kappa shape index (κ1) is 11.2. The number of nitrogens with one attached hydrogen (secondary N) is 1. The van der Waals surface area contributed by atoms with Crippen LogP contribution in [-0.2, 0) is 9.59 Å². The summed E-state index contributed by atoms with van der Waals surface area (Å²) in [5.41, 5.74) is 0. The van der Waals surface area contributed by atoms with E-state index in [1.165, 1.54) is 6.92 Å². The van der Waals surface area contributed by atoms with Gasteiger partial charge in [0.2, 0.25) is 11.8 Å². The van der Waals surface area contributed by atoms with Crippen molar-refractivity contribution >= 4 is 17.8 Å². The summed E-state index contributed by atoms with van der Waals surface area (Å²) in [4.78, 5) is 34.9. The molecule has 0 aromatic heterocycles. The second kappa shape index (κ2) is 4.60. The fourth-order valence-electron chi connectivity index (χ4n) is 1.23. The molecule has 1 aliphatic rings. The van der Waals surface area contributed by atoms with E-state index in [0.29, 0.717) is 6.42 Å². The van der Waals surface area contributed by atoms with Crippen LogP contribution in [0.25, 0.3) is 0 Å². The number of rotatable bonds is 2. The van der Waals surface area contributed by atoms with Gasteiger partial charge >= 0.3 is 6.03 Å². The summed E-state index contributed by atoms with van der Waals surface area (Å²) >= 11 is 0. The minimum absolute atomic E-state index is 0.225. The van der Waals surface area contributed by atoms with Gasteiger partial charge in [-0.05, 0) is 13.8 Å². The van der Waals surface area contributed by atoms with E-state index in [-0.39, 0.29) is 6.54 Å². The van der Waals surface area contributed by atoms with E-state index in [0.717, 1.165) is 4.90 Å². The van der Waals surface area contributed by atoms with Gasteiger partial charge in [0, 0.05) is 13.0 Å². The first-order valence-corrected chi connectivity index (χ1v) is 4.63. The number of barbiturate groups is 1. The Balaban J connectivity index is 2.69. The van der Waals surface area contributed by atoms with Crippen molar-refractivity contribution in [1.29, 1.82) is 0 Å². The van der Waals surface area contributed by atoms with E-state index >= 15 is 0 Å². The topological polar surface area (TPSA) is 66.5 Å². The van der Waals surface area contributed by atoms with Crippen LogP contribution in [-0.4, -0.2) is 29.3 Å². The van der Waals surface area contributed by atoms with Gasteiger partial charge in [0.05, 0.1) is 0 Å². The van der Waals surface area contributed by atoms with Crippen molar-refractivity contribution in [2.75, 3.05) is 6.54 Å². The summed E-state index contributed by atoms with van der Waals surface area (Å²) in [6.45, 7) is 3.38. The Morgan fingerprint density at radius 2 is 2.07 bits per heavy atom. The molecular weight excluding hydrogens is 196 g/mol. The van der Waals surface area contributed by atoms with Gasteiger partial charge in [0.25, 0.3) is 0 Å². The second-order valence-electron chi connectivity index (χ2n) is 3.18. The lowest BCUT2D eigenvalue weighted by Gasteiger charge is -2.27. The van der Waals surface area contributed by atoms with E-state index in [1.54, 1.807) is 6.92 Å². The molecule has 80 valence electrons. The molecule has 0 aromatic carbocycles. The molecule has 15 heavy (non-hydrogen) atoms. The summed E-state index contributed by atoms with van der Waals surface area (Å²) in [6.07, 6.45) is 0.427. The number of imide groups is 2. The fourth-order valence-corrected chi connectivity index (χ4v) is 1.23. The molecule has 1 fully saturated rings. The van der Waals surface area contributed by atoms with E-state index in [4.69, 9.17) is 0 Å². The molecular formula is C10H12N2O3. The Morgan fingerprint density at radius 1 is 1.40 bits per heavy atom. The lowest BCUT2D eigenvalue weighted by Crippen LogP contribution is -2.57. The number of hydrogen-bond donors (Lipinski definition) is 1. The summed E-state index contributed by atoms with van der Waals surface area (Å²) in [5, 5.41) is 2.12. The Bertz CT molecular complexity index is 365. The number of hydrogen-bond acceptors (Lipinski definition) is 3. The van der Waals surface area contributed by atoms with Gasteiger partial charge in [-0.25, -0.2) is 4.79 Å². The summed E-state index contributed by atoms with van der Waals surface area (Å²) < 4.78 is 0. The van der Waals surface area contributed by atoms with E-state index in [2.05, 4.69) is 17.2 Å². The van der Waals surface area contributed by atoms with Gasteiger partial charge in [0.15, 0.2) is 0 Å². The smallest absolute Gasteiger partial charge is 0.277 e. The first-order valence-electron chi connectivity index (χ1n) is 4.63. The predicted molar refractivity (Wildman–Crippen MR) is 52.5 cm³/mol. The van der Waals surface area contributed by atoms with Crippen molar-refractivity contribution in [2.45, 2.75) is 20.3 Å². The maximum Gasteiger partial charge on any atom is 0.330 e. The van der Waals surface area contributed by atoms with Crippen molar-refractivity contribution in [1.82, 2.24) is 10.2 Å². The molecule has 1 N–H and O–H groups in total. The SMILES string of the molecule is CC#CCCN1C(=O)NC(=O)C(C)C1=O. The van der Waals surface area contributed by atoms with Crippen LogP contribution >= 0.6 is 0 Å². The predicted octanol–water partition coefficient (Wildman–Crippen LogP) is 0.114. The maximum absolute atomic E-state index is 11.5. The Morgan fingerprint density at radius 3 is 2.67 bits per heavy atom. The average Bonchev–Trinajstić information content (AvgIpc) is 2.20. The normalized spacial score (nSPS) is 20.8. The van der Waals surface area contributed by atoms with Crippen LogP contribution in [0.4, 0.5) is 4.79 Å². The largest absolute Gasteiger partial charge is 0.330 e. The number of amides is 4. The van der Waals surface area contributed by atoms with Crippen LogP contribution in [0.3, 0.4) is 0 Å². The van der Waals surface area contributed by atoms with Crippen molar-refractivity contribution < 1.29 is 14.4 Å². The van der Waals surface area contributed by atoms with Crippen LogP contribution in [0, 0.1) is 17.8 Å². The second-order valence-corrected chi connectivity index (χ2v) is 3.18. The van der Waals surface area contributed by atoms with Gasteiger partial charge < -0.3 is 0 Å². The zero-order chi connectivity index (χ0) is 11.4. The zero-order valence-corrected chi connectivity index (χ0v) is 8.66. The quantitative estimate of drug-likeness (QED) is 0.517. The van der Waals surface area contributed by atoms with Gasteiger partial charge in [0.1, 0.15) is 5.92 Å². The third-order valence-corrected chi connectivity index (χ3v) is 2.14. The Hall–Kier alpha value is -1.83. The minimum atomic E-state index is -0.794. The summed E-state index contributed by atoms with van der Waals surface area (Å²) in [5.74, 6) is 3.63. The number of urea groups is 1. The van der Waals surface area contributed by atoms with Crippen LogP contribution in [0.1, 0.15) is 20.3 Å². The molecule has 0 spiro atoms. The molecule has 0 saturated carbocycles. The average molecular weight is 208 g/mol. The molecule has 0 radical (unpaired) electrons. The molecule has 1 atom stereocenters. The van der Waals surface area contributed by atoms with Gasteiger partial charge in [-0.3, -0.25) is 19.8 Å². The van der Waals surface area contributed by atoms with Crippen molar-refractivity contribution in [2.24, 2.45) is 5.92 Å². The van der Waals surface area contributed by atoms with E-state index in [1.807, 2.05) is 0 Å². The first-order chi connectivity index (χ1) is 7.07. The standard InChI is InChI=1S/C10H12N2O3/c1-3-4-5-6-12-9(14)7(2)8(13)11-10(12)15/h7H,5-6H2,1-2H3,(H,11,13,15). The minimum Gasteiger partial charge on any atom is -0.277 e. The lowest BCUT2D eigenvalue weighted by atomic mass is 10.1. The molecule has 4 amide bonds.